The molecule has 4 nitrogen and oxygen atoms in total. The lowest BCUT2D eigenvalue weighted by Crippen LogP contribution is -2.20. The lowest BCUT2D eigenvalue weighted by atomic mass is 10.3. The van der Waals surface area contributed by atoms with Crippen molar-refractivity contribution in [3.8, 4) is 11.4 Å². The molecule has 0 aromatic carbocycles. The number of hydrogen-bond acceptors (Lipinski definition) is 2. The van der Waals surface area contributed by atoms with Gasteiger partial charge in [0.15, 0.2) is 0 Å². The summed E-state index contributed by atoms with van der Waals surface area (Å²) >= 11 is 0. The number of hydrogen-bond donors (Lipinski definition) is 3. The van der Waals surface area contributed by atoms with Gasteiger partial charge in [-0.3, -0.25) is 0 Å². The average Bonchev–Trinajstić information content (AvgIpc) is 2.73. The van der Waals surface area contributed by atoms with Gasteiger partial charge in [-0.2, -0.15) is 0 Å². The van der Waals surface area contributed by atoms with Crippen molar-refractivity contribution in [2.45, 2.75) is 18.4 Å². The van der Waals surface area contributed by atoms with Crippen LogP contribution in [-0.4, -0.2) is 15.0 Å². The molecule has 4 N–H and O–H groups in total. The Morgan fingerprint density at radius 1 is 1.36 bits per heavy atom. The van der Waals surface area contributed by atoms with Crippen LogP contribution < -0.4 is 5.73 Å². The van der Waals surface area contributed by atoms with E-state index in [1.54, 1.807) is 0 Å². The number of nitrogens with two attached hydrogens (primary N) is 1. The predicted octanol–water partition coefficient (Wildman–Crippen LogP) is 1.35. The molecule has 3 rings (SSSR count). The van der Waals surface area contributed by atoms with E-state index in [1.807, 2.05) is 24.5 Å². The number of rotatable bonds is 2. The highest BCUT2D eigenvalue weighted by atomic mass is 15.0. The summed E-state index contributed by atoms with van der Waals surface area (Å²) in [5.74, 6) is 0.905. The first-order chi connectivity index (χ1) is 6.78. The Balaban J connectivity index is 1.98. The first-order valence-corrected chi connectivity index (χ1v) is 4.76. The van der Waals surface area contributed by atoms with Gasteiger partial charge in [0, 0.05) is 6.20 Å². The molecule has 0 aliphatic heterocycles. The number of imidazole rings is 1. The van der Waals surface area contributed by atoms with E-state index >= 15 is 0 Å². The van der Waals surface area contributed by atoms with Crippen LogP contribution >= 0.6 is 0 Å². The summed E-state index contributed by atoms with van der Waals surface area (Å²) in [4.78, 5) is 10.7. The molecule has 72 valence electrons. The fourth-order valence-corrected chi connectivity index (χ4v) is 1.58. The summed E-state index contributed by atoms with van der Waals surface area (Å²) in [6.07, 6.45) is 5.79. The van der Waals surface area contributed by atoms with Crippen LogP contribution in [0.3, 0.4) is 0 Å². The van der Waals surface area contributed by atoms with E-state index in [4.69, 9.17) is 5.73 Å². The van der Waals surface area contributed by atoms with Crippen molar-refractivity contribution in [3.05, 3.63) is 30.4 Å². The number of nitrogens with zero attached hydrogens (tertiary/aromatic N) is 1. The van der Waals surface area contributed by atoms with Crippen LogP contribution in [0.25, 0.3) is 11.4 Å². The smallest absolute Gasteiger partial charge is 0.126 e. The molecule has 0 amide bonds. The average molecular weight is 188 g/mol. The van der Waals surface area contributed by atoms with Crippen molar-refractivity contribution in [2.75, 3.05) is 0 Å². The molecule has 0 radical (unpaired) electrons. The minimum Gasteiger partial charge on any atom is -0.360 e. The lowest BCUT2D eigenvalue weighted by Gasteiger charge is -2.02. The lowest BCUT2D eigenvalue weighted by molar-refractivity contribution is 0.685. The summed E-state index contributed by atoms with van der Waals surface area (Å²) in [5.41, 5.74) is 7.91. The van der Waals surface area contributed by atoms with E-state index in [1.165, 1.54) is 0 Å². The van der Waals surface area contributed by atoms with E-state index < -0.39 is 0 Å². The maximum absolute atomic E-state index is 6.03. The van der Waals surface area contributed by atoms with Crippen LogP contribution in [0.4, 0.5) is 0 Å². The molecule has 2 heterocycles. The standard InChI is InChI=1S/C10H12N4/c11-10(3-4-10)9-13-6-8(14-9)7-2-1-5-12-7/h1-2,5-6,12H,3-4,11H2,(H,13,14). The Morgan fingerprint density at radius 3 is 2.86 bits per heavy atom. The van der Waals surface area contributed by atoms with E-state index in [2.05, 4.69) is 15.0 Å². The van der Waals surface area contributed by atoms with Crippen molar-refractivity contribution in [1.29, 1.82) is 0 Å². The molecule has 0 saturated heterocycles. The third kappa shape index (κ3) is 1.08. The van der Waals surface area contributed by atoms with Crippen molar-refractivity contribution in [2.24, 2.45) is 5.73 Å². The zero-order chi connectivity index (χ0) is 9.60. The van der Waals surface area contributed by atoms with E-state index in [9.17, 15) is 0 Å². The molecule has 1 aliphatic rings. The van der Waals surface area contributed by atoms with Crippen LogP contribution in [0.1, 0.15) is 18.7 Å². The molecular formula is C10H12N4. The summed E-state index contributed by atoms with van der Waals surface area (Å²) in [5, 5.41) is 0. The molecule has 1 aliphatic carbocycles. The Labute approximate surface area is 81.6 Å². The molecule has 2 aromatic heterocycles. The molecule has 14 heavy (non-hydrogen) atoms. The summed E-state index contributed by atoms with van der Waals surface area (Å²) in [6, 6.07) is 3.97. The highest BCUT2D eigenvalue weighted by Gasteiger charge is 2.42. The molecule has 0 atom stereocenters. The second kappa shape index (κ2) is 2.48. The highest BCUT2D eigenvalue weighted by Crippen LogP contribution is 2.41. The predicted molar refractivity (Wildman–Crippen MR) is 53.5 cm³/mol. The van der Waals surface area contributed by atoms with E-state index in [-0.39, 0.29) is 5.54 Å². The van der Waals surface area contributed by atoms with Crippen LogP contribution in [0, 0.1) is 0 Å². The van der Waals surface area contributed by atoms with Gasteiger partial charge in [-0.25, -0.2) is 4.98 Å². The Hall–Kier alpha value is -1.55. The van der Waals surface area contributed by atoms with Gasteiger partial charge in [0.2, 0.25) is 0 Å². The van der Waals surface area contributed by atoms with Crippen molar-refractivity contribution in [1.82, 2.24) is 15.0 Å². The third-order valence-electron chi connectivity index (χ3n) is 2.72. The highest BCUT2D eigenvalue weighted by molar-refractivity contribution is 5.53. The minimum atomic E-state index is -0.176. The fraction of sp³-hybridized carbons (Fsp3) is 0.300. The monoisotopic (exact) mass is 188 g/mol. The largest absolute Gasteiger partial charge is 0.360 e. The number of nitrogens with one attached hydrogen (secondary N) is 2. The van der Waals surface area contributed by atoms with Crippen LogP contribution in [0.5, 0.6) is 0 Å². The SMILES string of the molecule is NC1(c2ncc(-c3ccc[nH]3)[nH]2)CC1. The maximum atomic E-state index is 6.03. The van der Waals surface area contributed by atoms with Crippen LogP contribution in [-0.2, 0) is 5.54 Å². The summed E-state index contributed by atoms with van der Waals surface area (Å²) < 4.78 is 0. The third-order valence-corrected chi connectivity index (χ3v) is 2.72. The van der Waals surface area contributed by atoms with Gasteiger partial charge >= 0.3 is 0 Å². The Bertz CT molecular complexity index is 436. The van der Waals surface area contributed by atoms with Crippen molar-refractivity contribution in [3.63, 3.8) is 0 Å². The number of aromatic nitrogens is 3. The molecule has 1 fully saturated rings. The topological polar surface area (TPSA) is 70.5 Å². The summed E-state index contributed by atoms with van der Waals surface area (Å²) in [6.45, 7) is 0. The quantitative estimate of drug-likeness (QED) is 0.665. The first-order valence-electron chi connectivity index (χ1n) is 4.76. The fourth-order valence-electron chi connectivity index (χ4n) is 1.58. The van der Waals surface area contributed by atoms with Crippen LogP contribution in [0.2, 0.25) is 0 Å². The van der Waals surface area contributed by atoms with Gasteiger partial charge in [0.25, 0.3) is 0 Å². The molecule has 0 unspecified atom stereocenters. The molecule has 4 heteroatoms. The van der Waals surface area contributed by atoms with E-state index in [0.717, 1.165) is 30.1 Å². The maximum Gasteiger partial charge on any atom is 0.126 e. The number of aromatic amines is 2. The molecular weight excluding hydrogens is 176 g/mol. The van der Waals surface area contributed by atoms with Crippen LogP contribution in [0.15, 0.2) is 24.5 Å². The van der Waals surface area contributed by atoms with Gasteiger partial charge in [-0.1, -0.05) is 0 Å². The molecule has 1 saturated carbocycles. The first kappa shape index (κ1) is 7.82. The van der Waals surface area contributed by atoms with Crippen molar-refractivity contribution >= 4 is 0 Å². The zero-order valence-corrected chi connectivity index (χ0v) is 7.75. The van der Waals surface area contributed by atoms with E-state index in [0.29, 0.717) is 0 Å². The normalized spacial score (nSPS) is 18.4. The van der Waals surface area contributed by atoms with Gasteiger partial charge in [-0.15, -0.1) is 0 Å². The second-order valence-corrected chi connectivity index (χ2v) is 3.89. The van der Waals surface area contributed by atoms with Gasteiger partial charge < -0.3 is 15.7 Å². The van der Waals surface area contributed by atoms with Gasteiger partial charge in [0.1, 0.15) is 5.82 Å². The minimum absolute atomic E-state index is 0.176. The van der Waals surface area contributed by atoms with Crippen molar-refractivity contribution < 1.29 is 0 Å². The zero-order valence-electron chi connectivity index (χ0n) is 7.75. The van der Waals surface area contributed by atoms with Gasteiger partial charge in [0.05, 0.1) is 23.1 Å². The summed E-state index contributed by atoms with van der Waals surface area (Å²) in [7, 11) is 0. The number of H-pyrrole nitrogens is 2. The molecule has 2 aromatic rings. The Kier molecular flexibility index (Phi) is 1.39. The van der Waals surface area contributed by atoms with Gasteiger partial charge in [-0.05, 0) is 25.0 Å². The Morgan fingerprint density at radius 2 is 2.21 bits per heavy atom. The molecule has 0 bridgehead atoms. The molecule has 0 spiro atoms. The second-order valence-electron chi connectivity index (χ2n) is 3.89.